The van der Waals surface area contributed by atoms with Gasteiger partial charge in [0.05, 0.1) is 24.6 Å². The second-order valence-corrected chi connectivity index (χ2v) is 6.51. The Morgan fingerprint density at radius 3 is 2.38 bits per heavy atom. The number of hydrogen-bond donors (Lipinski definition) is 2. The van der Waals surface area contributed by atoms with Gasteiger partial charge in [0.15, 0.2) is 5.78 Å². The van der Waals surface area contributed by atoms with E-state index in [-0.39, 0.29) is 5.78 Å². The number of ketones is 1. The van der Waals surface area contributed by atoms with Crippen LogP contribution in [0.4, 0.5) is 11.4 Å². The first-order valence-corrected chi connectivity index (χ1v) is 8.79. The predicted octanol–water partition coefficient (Wildman–Crippen LogP) is 2.18. The molecule has 3 rings (SSSR count). The molecule has 1 fully saturated rings. The summed E-state index contributed by atoms with van der Waals surface area (Å²) in [6.07, 6.45) is 0. The van der Waals surface area contributed by atoms with Crippen LogP contribution in [0.1, 0.15) is 22.8 Å². The molecule has 6 heteroatoms. The topological polar surface area (TPSA) is 90.8 Å². The van der Waals surface area contributed by atoms with Crippen molar-refractivity contribution >= 4 is 17.2 Å². The zero-order chi connectivity index (χ0) is 18.5. The van der Waals surface area contributed by atoms with E-state index in [0.717, 1.165) is 32.1 Å². The standard InChI is InChI=1S/C20H25N3O3/c1-14(23-8-10-25-11-9-23)13-26-17-5-2-15(3-6-17)20(24)16-4-7-18(21)19(22)12-16/h2-7,12,14H,8-11,13,21-22H2,1H3. The van der Waals surface area contributed by atoms with Gasteiger partial charge in [-0.3, -0.25) is 9.69 Å². The van der Waals surface area contributed by atoms with E-state index in [1.807, 2.05) is 12.1 Å². The Balaban J connectivity index is 1.59. The molecule has 1 saturated heterocycles. The van der Waals surface area contributed by atoms with Gasteiger partial charge in [-0.2, -0.15) is 0 Å². The molecule has 138 valence electrons. The monoisotopic (exact) mass is 355 g/mol. The summed E-state index contributed by atoms with van der Waals surface area (Å²) in [4.78, 5) is 14.9. The van der Waals surface area contributed by atoms with E-state index in [1.54, 1.807) is 30.3 Å². The quantitative estimate of drug-likeness (QED) is 0.610. The summed E-state index contributed by atoms with van der Waals surface area (Å²) in [5.74, 6) is 0.656. The molecule has 0 bridgehead atoms. The largest absolute Gasteiger partial charge is 0.492 e. The molecule has 0 amide bonds. The molecular formula is C20H25N3O3. The lowest BCUT2D eigenvalue weighted by molar-refractivity contribution is 0.0105. The fourth-order valence-corrected chi connectivity index (χ4v) is 2.93. The van der Waals surface area contributed by atoms with Gasteiger partial charge >= 0.3 is 0 Å². The minimum Gasteiger partial charge on any atom is -0.492 e. The Morgan fingerprint density at radius 2 is 1.73 bits per heavy atom. The Kier molecular flexibility index (Phi) is 5.75. The van der Waals surface area contributed by atoms with E-state index >= 15 is 0 Å². The molecule has 4 N–H and O–H groups in total. The predicted molar refractivity (Wildman–Crippen MR) is 102 cm³/mol. The SMILES string of the molecule is CC(COc1ccc(C(=O)c2ccc(N)c(N)c2)cc1)N1CCOCC1. The first-order valence-electron chi connectivity index (χ1n) is 8.79. The molecule has 0 aromatic heterocycles. The molecule has 1 atom stereocenters. The zero-order valence-corrected chi connectivity index (χ0v) is 15.0. The highest BCUT2D eigenvalue weighted by molar-refractivity contribution is 6.09. The summed E-state index contributed by atoms with van der Waals surface area (Å²) in [5.41, 5.74) is 13.5. The molecule has 1 aliphatic rings. The smallest absolute Gasteiger partial charge is 0.193 e. The van der Waals surface area contributed by atoms with Gasteiger partial charge in [0.2, 0.25) is 0 Å². The molecule has 6 nitrogen and oxygen atoms in total. The van der Waals surface area contributed by atoms with Crippen molar-refractivity contribution in [1.82, 2.24) is 4.90 Å². The van der Waals surface area contributed by atoms with Crippen LogP contribution in [0.15, 0.2) is 42.5 Å². The molecular weight excluding hydrogens is 330 g/mol. The van der Waals surface area contributed by atoms with Gasteiger partial charge in [0.1, 0.15) is 12.4 Å². The summed E-state index contributed by atoms with van der Waals surface area (Å²) < 4.78 is 11.2. The van der Waals surface area contributed by atoms with Crippen LogP contribution in [0.2, 0.25) is 0 Å². The summed E-state index contributed by atoms with van der Waals surface area (Å²) >= 11 is 0. The summed E-state index contributed by atoms with van der Waals surface area (Å²) in [7, 11) is 0. The Bertz CT molecular complexity index is 755. The molecule has 1 heterocycles. The van der Waals surface area contributed by atoms with Crippen LogP contribution in [-0.4, -0.2) is 49.6 Å². The number of ether oxygens (including phenoxy) is 2. The number of morpholine rings is 1. The zero-order valence-electron chi connectivity index (χ0n) is 15.0. The summed E-state index contributed by atoms with van der Waals surface area (Å²) in [6.45, 7) is 6.16. The van der Waals surface area contributed by atoms with Crippen molar-refractivity contribution < 1.29 is 14.3 Å². The number of nitrogen functional groups attached to an aromatic ring is 2. The highest BCUT2D eigenvalue weighted by Crippen LogP contribution is 2.20. The average Bonchev–Trinajstić information content (AvgIpc) is 2.69. The minimum absolute atomic E-state index is 0.0927. The van der Waals surface area contributed by atoms with Crippen molar-refractivity contribution in [2.24, 2.45) is 0 Å². The lowest BCUT2D eigenvalue weighted by atomic mass is 10.0. The van der Waals surface area contributed by atoms with E-state index in [9.17, 15) is 4.79 Å². The van der Waals surface area contributed by atoms with Crippen molar-refractivity contribution in [2.75, 3.05) is 44.4 Å². The number of hydrogen-bond acceptors (Lipinski definition) is 6. The normalized spacial score (nSPS) is 16.2. The first kappa shape index (κ1) is 18.2. The van der Waals surface area contributed by atoms with Crippen LogP contribution in [0.5, 0.6) is 5.75 Å². The van der Waals surface area contributed by atoms with Crippen LogP contribution in [0, 0.1) is 0 Å². The molecule has 26 heavy (non-hydrogen) atoms. The Labute approximate surface area is 153 Å². The molecule has 1 unspecified atom stereocenters. The third kappa shape index (κ3) is 4.33. The Hall–Kier alpha value is -2.57. The van der Waals surface area contributed by atoms with E-state index in [4.69, 9.17) is 20.9 Å². The van der Waals surface area contributed by atoms with Gasteiger partial charge in [-0.1, -0.05) is 0 Å². The number of nitrogens with two attached hydrogens (primary N) is 2. The number of rotatable bonds is 6. The molecule has 0 radical (unpaired) electrons. The van der Waals surface area contributed by atoms with E-state index in [0.29, 0.717) is 35.2 Å². The van der Waals surface area contributed by atoms with Crippen molar-refractivity contribution in [1.29, 1.82) is 0 Å². The molecule has 0 saturated carbocycles. The van der Waals surface area contributed by atoms with Crippen molar-refractivity contribution in [2.45, 2.75) is 13.0 Å². The number of carbonyl (C=O) groups is 1. The average molecular weight is 355 g/mol. The second kappa shape index (κ2) is 8.21. The van der Waals surface area contributed by atoms with Gasteiger partial charge < -0.3 is 20.9 Å². The van der Waals surface area contributed by atoms with Crippen LogP contribution in [0.3, 0.4) is 0 Å². The third-order valence-electron chi connectivity index (χ3n) is 4.63. The maximum atomic E-state index is 12.5. The van der Waals surface area contributed by atoms with E-state index < -0.39 is 0 Å². The van der Waals surface area contributed by atoms with E-state index in [2.05, 4.69) is 11.8 Å². The lowest BCUT2D eigenvalue weighted by Gasteiger charge is -2.32. The van der Waals surface area contributed by atoms with Gasteiger partial charge in [0, 0.05) is 30.3 Å². The maximum absolute atomic E-state index is 12.5. The number of anilines is 2. The molecule has 0 aliphatic carbocycles. The lowest BCUT2D eigenvalue weighted by Crippen LogP contribution is -2.44. The number of nitrogens with zero attached hydrogens (tertiary/aromatic N) is 1. The molecule has 2 aromatic carbocycles. The van der Waals surface area contributed by atoms with Crippen molar-refractivity contribution in [3.8, 4) is 5.75 Å². The minimum atomic E-state index is -0.0927. The summed E-state index contributed by atoms with van der Waals surface area (Å²) in [6, 6.07) is 12.4. The van der Waals surface area contributed by atoms with Crippen LogP contribution >= 0.6 is 0 Å². The summed E-state index contributed by atoms with van der Waals surface area (Å²) in [5, 5.41) is 0. The maximum Gasteiger partial charge on any atom is 0.193 e. The van der Waals surface area contributed by atoms with Crippen molar-refractivity contribution in [3.63, 3.8) is 0 Å². The number of carbonyl (C=O) groups excluding carboxylic acids is 1. The highest BCUT2D eigenvalue weighted by Gasteiger charge is 2.17. The highest BCUT2D eigenvalue weighted by atomic mass is 16.5. The van der Waals surface area contributed by atoms with Gasteiger partial charge in [-0.15, -0.1) is 0 Å². The Morgan fingerprint density at radius 1 is 1.08 bits per heavy atom. The fraction of sp³-hybridized carbons (Fsp3) is 0.350. The van der Waals surface area contributed by atoms with Gasteiger partial charge in [-0.25, -0.2) is 0 Å². The van der Waals surface area contributed by atoms with Gasteiger partial charge in [0.25, 0.3) is 0 Å². The van der Waals surface area contributed by atoms with Gasteiger partial charge in [-0.05, 0) is 49.4 Å². The third-order valence-corrected chi connectivity index (χ3v) is 4.63. The first-order chi connectivity index (χ1) is 12.5. The van der Waals surface area contributed by atoms with Crippen LogP contribution < -0.4 is 16.2 Å². The molecule has 1 aliphatic heterocycles. The van der Waals surface area contributed by atoms with Crippen LogP contribution in [0.25, 0.3) is 0 Å². The molecule has 0 spiro atoms. The fourth-order valence-electron chi connectivity index (χ4n) is 2.93. The van der Waals surface area contributed by atoms with E-state index in [1.165, 1.54) is 0 Å². The van der Waals surface area contributed by atoms with Crippen LogP contribution in [-0.2, 0) is 4.74 Å². The number of benzene rings is 2. The second-order valence-electron chi connectivity index (χ2n) is 6.51. The molecule has 2 aromatic rings. The van der Waals surface area contributed by atoms with Crippen molar-refractivity contribution in [3.05, 3.63) is 53.6 Å².